The average Bonchev–Trinajstić information content (AvgIpc) is 2.40. The molecule has 0 aliphatic carbocycles. The number of hydrogen-bond donors (Lipinski definition) is 6. The highest BCUT2D eigenvalue weighted by Gasteiger charge is 2.49. The van der Waals surface area contributed by atoms with Crippen LogP contribution in [0, 0.1) is 0 Å². The molecule has 1 aliphatic rings. The average molecular weight is 267 g/mol. The molecule has 7 N–H and O–H groups in total. The van der Waals surface area contributed by atoms with Crippen LogP contribution in [-0.4, -0.2) is 82.1 Å². The Labute approximate surface area is 105 Å². The molecule has 0 unspecified atom stereocenters. The standard InChI is InChI=1S/C10H21NO7/c1-17-10(4-11)2-5(13)7(15)9(18-10)8(16)6(14)3-12/h5-9,12-16H,2-4,11H2,1H3/t5-,6-,7+,8+,9+,10+/m0/s1. The van der Waals surface area contributed by atoms with Crippen molar-refractivity contribution in [3.05, 3.63) is 0 Å². The van der Waals surface area contributed by atoms with E-state index in [1.165, 1.54) is 7.11 Å². The number of rotatable bonds is 5. The van der Waals surface area contributed by atoms with Crippen molar-refractivity contribution >= 4 is 0 Å². The molecule has 108 valence electrons. The van der Waals surface area contributed by atoms with E-state index in [0.717, 1.165) is 0 Å². The lowest BCUT2D eigenvalue weighted by molar-refractivity contribution is -0.324. The van der Waals surface area contributed by atoms with Crippen molar-refractivity contribution in [1.29, 1.82) is 0 Å². The Morgan fingerprint density at radius 2 is 2.06 bits per heavy atom. The number of aliphatic hydroxyl groups is 5. The maximum absolute atomic E-state index is 9.75. The quantitative estimate of drug-likeness (QED) is 0.301. The molecule has 1 aliphatic heterocycles. The fourth-order valence-electron chi connectivity index (χ4n) is 1.97. The Morgan fingerprint density at radius 3 is 2.50 bits per heavy atom. The normalized spacial score (nSPS) is 40.5. The summed E-state index contributed by atoms with van der Waals surface area (Å²) in [4.78, 5) is 0. The van der Waals surface area contributed by atoms with E-state index in [2.05, 4.69) is 0 Å². The van der Waals surface area contributed by atoms with Gasteiger partial charge in [-0.25, -0.2) is 0 Å². The lowest BCUT2D eigenvalue weighted by Crippen LogP contribution is -2.63. The number of methoxy groups -OCH3 is 1. The van der Waals surface area contributed by atoms with Crippen LogP contribution < -0.4 is 5.73 Å². The second kappa shape index (κ2) is 6.22. The second-order valence-electron chi connectivity index (χ2n) is 4.40. The molecule has 0 aromatic heterocycles. The van der Waals surface area contributed by atoms with Crippen LogP contribution in [0.25, 0.3) is 0 Å². The summed E-state index contributed by atoms with van der Waals surface area (Å²) < 4.78 is 10.4. The fourth-order valence-corrected chi connectivity index (χ4v) is 1.97. The summed E-state index contributed by atoms with van der Waals surface area (Å²) in [6, 6.07) is 0. The predicted octanol–water partition coefficient (Wildman–Crippen LogP) is -3.49. The lowest BCUT2D eigenvalue weighted by Gasteiger charge is -2.45. The Hall–Kier alpha value is -0.320. The van der Waals surface area contributed by atoms with Crippen molar-refractivity contribution in [3.8, 4) is 0 Å². The maximum atomic E-state index is 9.75. The van der Waals surface area contributed by atoms with E-state index in [4.69, 9.17) is 20.3 Å². The summed E-state index contributed by atoms with van der Waals surface area (Å²) in [5, 5.41) is 47.4. The Bertz CT molecular complexity index is 261. The van der Waals surface area contributed by atoms with Gasteiger partial charge in [-0.05, 0) is 0 Å². The van der Waals surface area contributed by atoms with E-state index in [0.29, 0.717) is 0 Å². The third-order valence-corrected chi connectivity index (χ3v) is 3.20. The van der Waals surface area contributed by atoms with Gasteiger partial charge in [-0.3, -0.25) is 0 Å². The van der Waals surface area contributed by atoms with Crippen molar-refractivity contribution in [1.82, 2.24) is 0 Å². The topological polar surface area (TPSA) is 146 Å². The zero-order chi connectivity index (χ0) is 13.9. The van der Waals surface area contributed by atoms with Crippen LogP contribution in [0.2, 0.25) is 0 Å². The van der Waals surface area contributed by atoms with E-state index in [1.807, 2.05) is 0 Å². The summed E-state index contributed by atoms with van der Waals surface area (Å²) in [5.74, 6) is -1.33. The van der Waals surface area contributed by atoms with E-state index in [9.17, 15) is 20.4 Å². The molecule has 0 bridgehead atoms. The molecule has 1 fully saturated rings. The van der Waals surface area contributed by atoms with E-state index >= 15 is 0 Å². The zero-order valence-corrected chi connectivity index (χ0v) is 10.1. The van der Waals surface area contributed by atoms with Crippen LogP contribution in [0.4, 0.5) is 0 Å². The minimum absolute atomic E-state index is 0.0559. The van der Waals surface area contributed by atoms with Gasteiger partial charge in [0.25, 0.3) is 0 Å². The van der Waals surface area contributed by atoms with E-state index < -0.39 is 42.9 Å². The van der Waals surface area contributed by atoms with Crippen molar-refractivity contribution in [2.75, 3.05) is 20.3 Å². The molecule has 18 heavy (non-hydrogen) atoms. The van der Waals surface area contributed by atoms with Gasteiger partial charge < -0.3 is 40.7 Å². The highest BCUT2D eigenvalue weighted by molar-refractivity contribution is 4.95. The summed E-state index contributed by atoms with van der Waals surface area (Å²) in [5.41, 5.74) is 5.49. The first-order chi connectivity index (χ1) is 8.40. The van der Waals surface area contributed by atoms with Crippen LogP contribution in [0.3, 0.4) is 0 Å². The molecular formula is C10H21NO7. The monoisotopic (exact) mass is 267 g/mol. The Kier molecular flexibility index (Phi) is 5.44. The van der Waals surface area contributed by atoms with Crippen LogP contribution in [-0.2, 0) is 9.47 Å². The van der Waals surface area contributed by atoms with E-state index in [1.54, 1.807) is 0 Å². The number of ether oxygens (including phenoxy) is 2. The van der Waals surface area contributed by atoms with Gasteiger partial charge in [-0.2, -0.15) is 0 Å². The van der Waals surface area contributed by atoms with Gasteiger partial charge in [0.05, 0.1) is 12.7 Å². The number of hydrogen-bond acceptors (Lipinski definition) is 8. The highest BCUT2D eigenvalue weighted by atomic mass is 16.7. The summed E-state index contributed by atoms with van der Waals surface area (Å²) >= 11 is 0. The zero-order valence-electron chi connectivity index (χ0n) is 10.1. The molecule has 1 heterocycles. The molecule has 1 saturated heterocycles. The minimum atomic E-state index is -1.57. The molecule has 8 nitrogen and oxygen atoms in total. The smallest absolute Gasteiger partial charge is 0.183 e. The summed E-state index contributed by atoms with van der Waals surface area (Å²) in [7, 11) is 1.32. The molecule has 8 heteroatoms. The van der Waals surface area contributed by atoms with Crippen molar-refractivity contribution in [2.24, 2.45) is 5.73 Å². The third-order valence-electron chi connectivity index (χ3n) is 3.20. The van der Waals surface area contributed by atoms with Crippen molar-refractivity contribution < 1.29 is 35.0 Å². The van der Waals surface area contributed by atoms with Gasteiger partial charge in [0.1, 0.15) is 24.4 Å². The molecule has 0 saturated carbocycles. The fraction of sp³-hybridized carbons (Fsp3) is 1.00. The SMILES string of the molecule is CO[C@]1(CN)C[C@H](O)[C@@H](O)[C@H]([C@H](O)[C@@H](O)CO)O1. The molecular weight excluding hydrogens is 246 g/mol. The molecule has 0 spiro atoms. The predicted molar refractivity (Wildman–Crippen MR) is 59.4 cm³/mol. The third kappa shape index (κ3) is 2.98. The molecule has 0 aromatic rings. The van der Waals surface area contributed by atoms with Crippen molar-refractivity contribution in [2.45, 2.75) is 42.7 Å². The van der Waals surface area contributed by atoms with E-state index in [-0.39, 0.29) is 13.0 Å². The first-order valence-electron chi connectivity index (χ1n) is 5.67. The van der Waals surface area contributed by atoms with Crippen molar-refractivity contribution in [3.63, 3.8) is 0 Å². The van der Waals surface area contributed by atoms with Crippen LogP contribution in [0.1, 0.15) is 6.42 Å². The van der Waals surface area contributed by atoms with Gasteiger partial charge in [0, 0.05) is 20.1 Å². The van der Waals surface area contributed by atoms with Crippen LogP contribution in [0.5, 0.6) is 0 Å². The second-order valence-corrected chi connectivity index (χ2v) is 4.40. The van der Waals surface area contributed by atoms with Gasteiger partial charge in [0.15, 0.2) is 5.79 Å². The van der Waals surface area contributed by atoms with Gasteiger partial charge in [-0.15, -0.1) is 0 Å². The Morgan fingerprint density at radius 1 is 1.44 bits per heavy atom. The van der Waals surface area contributed by atoms with Gasteiger partial charge in [-0.1, -0.05) is 0 Å². The number of aliphatic hydroxyl groups excluding tert-OH is 5. The maximum Gasteiger partial charge on any atom is 0.183 e. The Balaban J connectivity index is 2.88. The molecule has 1 rings (SSSR count). The first-order valence-corrected chi connectivity index (χ1v) is 5.67. The largest absolute Gasteiger partial charge is 0.394 e. The lowest BCUT2D eigenvalue weighted by atomic mass is 9.91. The molecule has 0 aromatic carbocycles. The molecule has 0 radical (unpaired) electrons. The highest BCUT2D eigenvalue weighted by Crippen LogP contribution is 2.31. The number of nitrogens with two attached hydrogens (primary N) is 1. The molecule has 6 atom stereocenters. The van der Waals surface area contributed by atoms with Crippen LogP contribution >= 0.6 is 0 Å². The first kappa shape index (κ1) is 15.7. The summed E-state index contributed by atoms with van der Waals surface area (Å²) in [6.07, 6.45) is -7.05. The minimum Gasteiger partial charge on any atom is -0.394 e. The summed E-state index contributed by atoms with van der Waals surface area (Å²) in [6.45, 7) is -0.793. The van der Waals surface area contributed by atoms with Gasteiger partial charge >= 0.3 is 0 Å². The molecule has 0 amide bonds. The van der Waals surface area contributed by atoms with Gasteiger partial charge in [0.2, 0.25) is 0 Å². The van der Waals surface area contributed by atoms with Crippen LogP contribution in [0.15, 0.2) is 0 Å².